The molecule has 0 saturated carbocycles. The van der Waals surface area contributed by atoms with Gasteiger partial charge in [-0.05, 0) is 30.3 Å². The smallest absolute Gasteiger partial charge is 0.142 e. The zero-order chi connectivity index (χ0) is 14.2. The number of benzene rings is 2. The van der Waals surface area contributed by atoms with Gasteiger partial charge in [0, 0.05) is 21.2 Å². The minimum atomic E-state index is -1.43. The van der Waals surface area contributed by atoms with Crippen molar-refractivity contribution in [2.24, 2.45) is 0 Å². The molecular formula is C13H7Cl3F2O. The lowest BCUT2D eigenvalue weighted by Gasteiger charge is -2.15. The van der Waals surface area contributed by atoms with Gasteiger partial charge >= 0.3 is 0 Å². The van der Waals surface area contributed by atoms with Crippen LogP contribution in [0.2, 0.25) is 15.1 Å². The van der Waals surface area contributed by atoms with E-state index in [0.717, 1.165) is 12.1 Å². The van der Waals surface area contributed by atoms with Crippen LogP contribution in [-0.2, 0) is 0 Å². The van der Waals surface area contributed by atoms with Gasteiger partial charge in [0.1, 0.15) is 17.7 Å². The molecule has 6 heteroatoms. The summed E-state index contributed by atoms with van der Waals surface area (Å²) in [6, 6.07) is 6.01. The predicted molar refractivity (Wildman–Crippen MR) is 71.9 cm³/mol. The molecule has 2 rings (SSSR count). The van der Waals surface area contributed by atoms with E-state index in [-0.39, 0.29) is 21.2 Å². The first-order valence-electron chi connectivity index (χ1n) is 5.17. The van der Waals surface area contributed by atoms with Crippen LogP contribution in [0.5, 0.6) is 0 Å². The zero-order valence-corrected chi connectivity index (χ0v) is 11.6. The maximum Gasteiger partial charge on any atom is 0.142 e. The number of aliphatic hydroxyl groups is 1. The van der Waals surface area contributed by atoms with Gasteiger partial charge in [-0.3, -0.25) is 0 Å². The molecule has 1 nitrogen and oxygen atoms in total. The lowest BCUT2D eigenvalue weighted by atomic mass is 10.0. The number of hydrogen-bond donors (Lipinski definition) is 1. The molecule has 100 valence electrons. The predicted octanol–water partition coefficient (Wildman–Crippen LogP) is 5.01. The molecule has 19 heavy (non-hydrogen) atoms. The first-order valence-corrected chi connectivity index (χ1v) is 6.31. The largest absolute Gasteiger partial charge is 0.383 e. The van der Waals surface area contributed by atoms with Crippen molar-refractivity contribution in [3.8, 4) is 0 Å². The molecule has 0 aliphatic rings. The average Bonchev–Trinajstić information content (AvgIpc) is 2.36. The van der Waals surface area contributed by atoms with Gasteiger partial charge in [-0.15, -0.1) is 0 Å². The first kappa shape index (κ1) is 14.5. The molecule has 0 radical (unpaired) electrons. The summed E-state index contributed by atoms with van der Waals surface area (Å²) in [5, 5.41) is 10.3. The van der Waals surface area contributed by atoms with Crippen LogP contribution in [0.25, 0.3) is 0 Å². The Morgan fingerprint density at radius 1 is 0.842 bits per heavy atom. The highest BCUT2D eigenvalue weighted by molar-refractivity contribution is 6.33. The third kappa shape index (κ3) is 3.00. The molecule has 2 aromatic carbocycles. The molecule has 1 N–H and O–H groups in total. The van der Waals surface area contributed by atoms with E-state index in [1.807, 2.05) is 0 Å². The molecule has 0 aromatic heterocycles. The maximum absolute atomic E-state index is 13.7. The van der Waals surface area contributed by atoms with E-state index >= 15 is 0 Å². The summed E-state index contributed by atoms with van der Waals surface area (Å²) in [7, 11) is 0. The SMILES string of the molecule is OC(c1cc(F)c(Cl)cc1F)c1cc(Cl)ccc1Cl. The third-order valence-electron chi connectivity index (χ3n) is 2.59. The minimum Gasteiger partial charge on any atom is -0.383 e. The van der Waals surface area contributed by atoms with Gasteiger partial charge in [0.25, 0.3) is 0 Å². The van der Waals surface area contributed by atoms with Crippen molar-refractivity contribution in [1.29, 1.82) is 0 Å². The van der Waals surface area contributed by atoms with Crippen LogP contribution >= 0.6 is 34.8 Å². The van der Waals surface area contributed by atoms with Crippen LogP contribution in [0, 0.1) is 11.6 Å². The Bertz CT molecular complexity index is 632. The van der Waals surface area contributed by atoms with Crippen molar-refractivity contribution in [3.63, 3.8) is 0 Å². The van der Waals surface area contributed by atoms with Crippen LogP contribution in [0.3, 0.4) is 0 Å². The highest BCUT2D eigenvalue weighted by atomic mass is 35.5. The molecule has 0 heterocycles. The van der Waals surface area contributed by atoms with E-state index in [1.54, 1.807) is 0 Å². The summed E-state index contributed by atoms with van der Waals surface area (Å²) in [6.45, 7) is 0. The van der Waals surface area contributed by atoms with Crippen molar-refractivity contribution in [1.82, 2.24) is 0 Å². The molecule has 1 atom stereocenters. The number of aliphatic hydroxyl groups excluding tert-OH is 1. The van der Waals surface area contributed by atoms with Gasteiger partial charge in [0.05, 0.1) is 5.02 Å². The molecule has 2 aromatic rings. The van der Waals surface area contributed by atoms with Gasteiger partial charge in [0.15, 0.2) is 0 Å². The fraction of sp³-hybridized carbons (Fsp3) is 0.0769. The fourth-order valence-corrected chi connectivity index (χ4v) is 2.19. The van der Waals surface area contributed by atoms with E-state index < -0.39 is 17.7 Å². The molecule has 0 aliphatic carbocycles. The standard InChI is InChI=1S/C13H7Cl3F2O/c14-6-1-2-9(15)7(3-6)13(19)8-4-12(18)10(16)5-11(8)17/h1-5,13,19H. The van der Waals surface area contributed by atoms with E-state index in [4.69, 9.17) is 34.8 Å². The second kappa shape index (κ2) is 5.63. The Hall–Kier alpha value is -0.870. The minimum absolute atomic E-state index is 0.190. The summed E-state index contributed by atoms with van der Waals surface area (Å²) >= 11 is 17.1. The summed E-state index contributed by atoms with van der Waals surface area (Å²) < 4.78 is 27.1. The Morgan fingerprint density at radius 3 is 2.21 bits per heavy atom. The summed E-state index contributed by atoms with van der Waals surface area (Å²) in [5.74, 6) is -1.65. The summed E-state index contributed by atoms with van der Waals surface area (Å²) in [6.07, 6.45) is -1.43. The van der Waals surface area contributed by atoms with Crippen LogP contribution in [0.15, 0.2) is 30.3 Å². The number of halogens is 5. The van der Waals surface area contributed by atoms with Gasteiger partial charge < -0.3 is 5.11 Å². The fourth-order valence-electron chi connectivity index (χ4n) is 1.64. The van der Waals surface area contributed by atoms with Gasteiger partial charge in [0.2, 0.25) is 0 Å². The van der Waals surface area contributed by atoms with E-state index in [9.17, 15) is 13.9 Å². The molecule has 0 aliphatic heterocycles. The van der Waals surface area contributed by atoms with Crippen LogP contribution < -0.4 is 0 Å². The third-order valence-corrected chi connectivity index (χ3v) is 3.46. The van der Waals surface area contributed by atoms with Crippen molar-refractivity contribution in [2.75, 3.05) is 0 Å². The van der Waals surface area contributed by atoms with Crippen molar-refractivity contribution in [2.45, 2.75) is 6.10 Å². The van der Waals surface area contributed by atoms with Gasteiger partial charge in [-0.2, -0.15) is 0 Å². The van der Waals surface area contributed by atoms with Gasteiger partial charge in [-0.1, -0.05) is 34.8 Å². The Kier molecular flexibility index (Phi) is 4.31. The number of hydrogen-bond acceptors (Lipinski definition) is 1. The Morgan fingerprint density at radius 2 is 1.53 bits per heavy atom. The molecule has 0 fully saturated rings. The molecule has 0 spiro atoms. The van der Waals surface area contributed by atoms with Gasteiger partial charge in [-0.25, -0.2) is 8.78 Å². The normalized spacial score (nSPS) is 12.5. The summed E-state index contributed by atoms with van der Waals surface area (Å²) in [5.41, 5.74) is -0.0687. The van der Waals surface area contributed by atoms with Crippen LogP contribution in [-0.4, -0.2) is 5.11 Å². The second-order valence-corrected chi connectivity index (χ2v) is 5.11. The lowest BCUT2D eigenvalue weighted by Crippen LogP contribution is -2.04. The lowest BCUT2D eigenvalue weighted by molar-refractivity contribution is 0.214. The van der Waals surface area contributed by atoms with E-state index in [0.29, 0.717) is 5.02 Å². The monoisotopic (exact) mass is 322 g/mol. The van der Waals surface area contributed by atoms with E-state index in [1.165, 1.54) is 18.2 Å². The zero-order valence-electron chi connectivity index (χ0n) is 9.30. The first-order chi connectivity index (χ1) is 8.90. The second-order valence-electron chi connectivity index (χ2n) is 3.86. The average molecular weight is 324 g/mol. The topological polar surface area (TPSA) is 20.2 Å². The van der Waals surface area contributed by atoms with Crippen molar-refractivity contribution >= 4 is 34.8 Å². The molecular weight excluding hydrogens is 316 g/mol. The highest BCUT2D eigenvalue weighted by Crippen LogP contribution is 2.33. The Labute approximate surface area is 123 Å². The highest BCUT2D eigenvalue weighted by Gasteiger charge is 2.20. The molecule has 0 amide bonds. The van der Waals surface area contributed by atoms with Crippen molar-refractivity contribution < 1.29 is 13.9 Å². The molecule has 0 saturated heterocycles. The number of rotatable bonds is 2. The Balaban J connectivity index is 2.52. The van der Waals surface area contributed by atoms with Crippen LogP contribution in [0.4, 0.5) is 8.78 Å². The van der Waals surface area contributed by atoms with E-state index in [2.05, 4.69) is 0 Å². The summed E-state index contributed by atoms with van der Waals surface area (Å²) in [4.78, 5) is 0. The quantitative estimate of drug-likeness (QED) is 0.771. The molecule has 1 unspecified atom stereocenters. The molecule has 0 bridgehead atoms. The maximum atomic E-state index is 13.7. The van der Waals surface area contributed by atoms with Crippen molar-refractivity contribution in [3.05, 3.63) is 68.2 Å². The van der Waals surface area contributed by atoms with Crippen LogP contribution in [0.1, 0.15) is 17.2 Å².